The van der Waals surface area contributed by atoms with Crippen LogP contribution in [0.3, 0.4) is 0 Å². The van der Waals surface area contributed by atoms with Crippen molar-refractivity contribution in [1.82, 2.24) is 10.6 Å². The molecule has 8 heteroatoms. The highest BCUT2D eigenvalue weighted by atomic mass is 16.6. The number of nitro groups is 1. The van der Waals surface area contributed by atoms with E-state index in [4.69, 9.17) is 4.42 Å². The minimum atomic E-state index is -0.711. The highest BCUT2D eigenvalue weighted by Crippen LogP contribution is 2.15. The van der Waals surface area contributed by atoms with Crippen LogP contribution < -0.4 is 10.6 Å². The molecule has 1 fully saturated rings. The Balaban J connectivity index is 1.94. The van der Waals surface area contributed by atoms with Gasteiger partial charge in [0.25, 0.3) is 5.91 Å². The van der Waals surface area contributed by atoms with Crippen LogP contribution in [0.2, 0.25) is 0 Å². The van der Waals surface area contributed by atoms with Crippen molar-refractivity contribution < 1.29 is 18.9 Å². The lowest BCUT2D eigenvalue weighted by molar-refractivity contribution is -0.402. The van der Waals surface area contributed by atoms with E-state index in [0.717, 1.165) is 6.07 Å². The lowest BCUT2D eigenvalue weighted by Crippen LogP contribution is -2.47. The molecule has 8 nitrogen and oxygen atoms in total. The van der Waals surface area contributed by atoms with Gasteiger partial charge in [-0.25, -0.2) is 0 Å². The molecule has 0 radical (unpaired) electrons. The van der Waals surface area contributed by atoms with E-state index in [1.807, 2.05) is 0 Å². The molecule has 0 bridgehead atoms. The minimum absolute atomic E-state index is 0.0471. The average molecular weight is 253 g/mol. The van der Waals surface area contributed by atoms with Gasteiger partial charge < -0.3 is 15.1 Å². The molecule has 1 atom stereocenters. The number of rotatable bonds is 3. The van der Waals surface area contributed by atoms with Crippen molar-refractivity contribution in [1.29, 1.82) is 0 Å². The summed E-state index contributed by atoms with van der Waals surface area (Å²) >= 11 is 0. The molecule has 0 aromatic carbocycles. The molecule has 2 heterocycles. The summed E-state index contributed by atoms with van der Waals surface area (Å²) in [6.07, 6.45) is 0.892. The molecular weight excluding hydrogens is 242 g/mol. The number of amides is 2. The normalized spacial score (nSPS) is 19.1. The van der Waals surface area contributed by atoms with E-state index >= 15 is 0 Å². The van der Waals surface area contributed by atoms with Crippen molar-refractivity contribution in [3.8, 4) is 0 Å². The average Bonchev–Trinajstić information content (AvgIpc) is 2.81. The van der Waals surface area contributed by atoms with Crippen molar-refractivity contribution in [3.63, 3.8) is 0 Å². The summed E-state index contributed by atoms with van der Waals surface area (Å²) in [5.41, 5.74) is 0. The predicted molar refractivity (Wildman–Crippen MR) is 58.9 cm³/mol. The first-order valence-corrected chi connectivity index (χ1v) is 5.38. The Morgan fingerprint density at radius 2 is 2.33 bits per heavy atom. The van der Waals surface area contributed by atoms with Gasteiger partial charge in [0.1, 0.15) is 4.92 Å². The van der Waals surface area contributed by atoms with Gasteiger partial charge in [-0.05, 0) is 12.5 Å². The largest absolute Gasteiger partial charge is 0.433 e. The highest BCUT2D eigenvalue weighted by molar-refractivity contribution is 5.92. The third-order valence-corrected chi connectivity index (χ3v) is 2.60. The van der Waals surface area contributed by atoms with E-state index in [9.17, 15) is 19.7 Å². The van der Waals surface area contributed by atoms with Gasteiger partial charge in [0, 0.05) is 19.0 Å². The van der Waals surface area contributed by atoms with Crippen LogP contribution in [0.1, 0.15) is 23.4 Å². The van der Waals surface area contributed by atoms with Crippen LogP contribution in [0.4, 0.5) is 5.88 Å². The van der Waals surface area contributed by atoms with Crippen molar-refractivity contribution >= 4 is 17.7 Å². The first kappa shape index (κ1) is 12.1. The Morgan fingerprint density at radius 3 is 2.89 bits per heavy atom. The van der Waals surface area contributed by atoms with E-state index in [1.54, 1.807) is 0 Å². The van der Waals surface area contributed by atoms with Gasteiger partial charge in [-0.1, -0.05) is 0 Å². The first-order valence-electron chi connectivity index (χ1n) is 5.38. The van der Waals surface area contributed by atoms with Crippen LogP contribution in [-0.4, -0.2) is 29.3 Å². The number of nitrogens with zero attached hydrogens (tertiary/aromatic N) is 1. The van der Waals surface area contributed by atoms with Gasteiger partial charge in [0.05, 0.1) is 6.07 Å². The standard InChI is InChI=1S/C10H11N3O5/c14-8-3-1-6(5-11-8)12-10(15)7-2-4-9(18-7)13(16)17/h2,4,6H,1,3,5H2,(H,11,14)(H,12,15). The molecule has 0 saturated carbocycles. The van der Waals surface area contributed by atoms with Crippen molar-refractivity contribution in [2.45, 2.75) is 18.9 Å². The van der Waals surface area contributed by atoms with E-state index in [1.165, 1.54) is 6.07 Å². The fourth-order valence-corrected chi connectivity index (χ4v) is 1.66. The molecule has 96 valence electrons. The third kappa shape index (κ3) is 2.65. The Bertz CT molecular complexity index is 485. The number of nitrogens with one attached hydrogen (secondary N) is 2. The molecule has 0 spiro atoms. The van der Waals surface area contributed by atoms with Crippen LogP contribution in [0.5, 0.6) is 0 Å². The van der Waals surface area contributed by atoms with Crippen LogP contribution >= 0.6 is 0 Å². The van der Waals surface area contributed by atoms with Gasteiger partial charge in [0.15, 0.2) is 5.76 Å². The van der Waals surface area contributed by atoms with Crippen molar-refractivity contribution in [2.75, 3.05) is 6.54 Å². The number of piperidine rings is 1. The topological polar surface area (TPSA) is 114 Å². The molecule has 1 aliphatic rings. The van der Waals surface area contributed by atoms with Crippen LogP contribution in [0, 0.1) is 10.1 Å². The molecule has 2 rings (SSSR count). The first-order chi connectivity index (χ1) is 8.56. The second kappa shape index (κ2) is 4.86. The number of carbonyl (C=O) groups excluding carboxylic acids is 2. The summed E-state index contributed by atoms with van der Waals surface area (Å²) in [4.78, 5) is 32.3. The molecule has 18 heavy (non-hydrogen) atoms. The molecule has 0 aliphatic carbocycles. The van der Waals surface area contributed by atoms with E-state index < -0.39 is 16.7 Å². The number of carbonyl (C=O) groups is 2. The molecule has 1 saturated heterocycles. The second-order valence-corrected chi connectivity index (χ2v) is 3.91. The smallest absolute Gasteiger partial charge is 0.395 e. The van der Waals surface area contributed by atoms with Gasteiger partial charge in [-0.2, -0.15) is 0 Å². The van der Waals surface area contributed by atoms with Gasteiger partial charge in [0.2, 0.25) is 5.91 Å². The maximum absolute atomic E-state index is 11.7. The summed E-state index contributed by atoms with van der Waals surface area (Å²) in [5, 5.41) is 15.7. The zero-order valence-electron chi connectivity index (χ0n) is 9.34. The fraction of sp³-hybridized carbons (Fsp3) is 0.400. The second-order valence-electron chi connectivity index (χ2n) is 3.91. The summed E-state index contributed by atoms with van der Waals surface area (Å²) in [6, 6.07) is 2.19. The summed E-state index contributed by atoms with van der Waals surface area (Å²) < 4.78 is 4.77. The van der Waals surface area contributed by atoms with Crippen LogP contribution in [0.15, 0.2) is 16.5 Å². The zero-order valence-corrected chi connectivity index (χ0v) is 9.34. The molecule has 2 amide bonds. The molecule has 1 aliphatic heterocycles. The molecule has 1 aromatic rings. The van der Waals surface area contributed by atoms with Gasteiger partial charge in [-0.3, -0.25) is 19.7 Å². The lowest BCUT2D eigenvalue weighted by atomic mass is 10.1. The monoisotopic (exact) mass is 253 g/mol. The summed E-state index contributed by atoms with van der Waals surface area (Å²) in [5.74, 6) is -1.16. The SMILES string of the molecule is O=C1CCC(NC(=O)c2ccc([N+](=O)[O-])o2)CN1. The van der Waals surface area contributed by atoms with E-state index in [2.05, 4.69) is 10.6 Å². The van der Waals surface area contributed by atoms with Crippen molar-refractivity contribution in [3.05, 3.63) is 28.0 Å². The Labute approximate surface area is 101 Å². The Kier molecular flexibility index (Phi) is 3.26. The number of hydrogen-bond donors (Lipinski definition) is 2. The number of furan rings is 1. The highest BCUT2D eigenvalue weighted by Gasteiger charge is 2.23. The summed E-state index contributed by atoms with van der Waals surface area (Å²) in [6.45, 7) is 0.355. The minimum Gasteiger partial charge on any atom is -0.395 e. The van der Waals surface area contributed by atoms with Crippen molar-refractivity contribution in [2.24, 2.45) is 0 Å². The Morgan fingerprint density at radius 1 is 1.56 bits per heavy atom. The van der Waals surface area contributed by atoms with Crippen LogP contribution in [0.25, 0.3) is 0 Å². The lowest BCUT2D eigenvalue weighted by Gasteiger charge is -2.22. The van der Waals surface area contributed by atoms with Gasteiger partial charge in [-0.15, -0.1) is 0 Å². The third-order valence-electron chi connectivity index (χ3n) is 2.60. The van der Waals surface area contributed by atoms with E-state index in [-0.39, 0.29) is 17.7 Å². The Hall–Kier alpha value is -2.38. The molecule has 1 unspecified atom stereocenters. The molecule has 1 aromatic heterocycles. The molecular formula is C10H11N3O5. The summed E-state index contributed by atoms with van der Waals surface area (Å²) in [7, 11) is 0. The van der Waals surface area contributed by atoms with E-state index in [0.29, 0.717) is 19.4 Å². The zero-order chi connectivity index (χ0) is 13.1. The molecule has 2 N–H and O–H groups in total. The predicted octanol–water partition coefficient (Wildman–Crippen LogP) is 0.196. The maximum atomic E-state index is 11.7. The van der Waals surface area contributed by atoms with Gasteiger partial charge >= 0.3 is 5.88 Å². The van der Waals surface area contributed by atoms with Crippen LogP contribution in [-0.2, 0) is 4.79 Å². The fourth-order valence-electron chi connectivity index (χ4n) is 1.66. The number of hydrogen-bond acceptors (Lipinski definition) is 5. The quantitative estimate of drug-likeness (QED) is 0.589. The maximum Gasteiger partial charge on any atom is 0.433 e.